The molecule has 154 valence electrons. The van der Waals surface area contributed by atoms with Gasteiger partial charge in [-0.3, -0.25) is 19.3 Å². The quantitative estimate of drug-likeness (QED) is 0.781. The van der Waals surface area contributed by atoms with Gasteiger partial charge in [-0.2, -0.15) is 0 Å². The normalized spacial score (nSPS) is 24.7. The minimum absolute atomic E-state index is 0.125. The summed E-state index contributed by atoms with van der Waals surface area (Å²) in [5, 5.41) is 9.26. The molecule has 0 saturated carbocycles. The highest BCUT2D eigenvalue weighted by Crippen LogP contribution is 2.31. The summed E-state index contributed by atoms with van der Waals surface area (Å²) in [5.74, 6) is -0.135. The highest BCUT2D eigenvalue weighted by atomic mass is 16.4. The topological polar surface area (TPSA) is 81.2 Å². The van der Waals surface area contributed by atoms with E-state index in [1.54, 1.807) is 6.92 Å². The lowest BCUT2D eigenvalue weighted by Gasteiger charge is -2.42. The van der Waals surface area contributed by atoms with Gasteiger partial charge in [0.1, 0.15) is 0 Å². The third kappa shape index (κ3) is 6.19. The van der Waals surface area contributed by atoms with Crippen LogP contribution in [0.5, 0.6) is 0 Å². The molecule has 2 atom stereocenters. The molecule has 2 saturated heterocycles. The van der Waals surface area contributed by atoms with Crippen LogP contribution in [0.25, 0.3) is 0 Å². The summed E-state index contributed by atoms with van der Waals surface area (Å²) in [6, 6.07) is 0. The van der Waals surface area contributed by atoms with E-state index in [4.69, 9.17) is 0 Å². The zero-order valence-electron chi connectivity index (χ0n) is 17.2. The first kappa shape index (κ1) is 21.7. The maximum atomic E-state index is 12.7. The lowest BCUT2D eigenvalue weighted by Crippen LogP contribution is -2.50. The van der Waals surface area contributed by atoms with E-state index in [1.807, 2.05) is 30.6 Å². The van der Waals surface area contributed by atoms with Gasteiger partial charge < -0.3 is 14.9 Å². The minimum atomic E-state index is -0.754. The molecule has 0 aromatic carbocycles. The predicted octanol–water partition coefficient (Wildman–Crippen LogP) is 1.53. The highest BCUT2D eigenvalue weighted by Gasteiger charge is 2.36. The Morgan fingerprint density at radius 1 is 0.963 bits per heavy atom. The first-order chi connectivity index (χ1) is 12.6. The second kappa shape index (κ2) is 9.04. The number of carbonyl (C=O) groups excluding carboxylic acids is 2. The van der Waals surface area contributed by atoms with Gasteiger partial charge in [0, 0.05) is 58.0 Å². The summed E-state index contributed by atoms with van der Waals surface area (Å²) < 4.78 is 0. The highest BCUT2D eigenvalue weighted by molar-refractivity contribution is 5.81. The van der Waals surface area contributed by atoms with Crippen LogP contribution in [0.3, 0.4) is 0 Å². The number of hydrogen-bond donors (Lipinski definition) is 1. The number of hydrogen-bond acceptors (Lipinski definition) is 4. The third-order valence-electron chi connectivity index (χ3n) is 5.89. The largest absolute Gasteiger partial charge is 0.481 e. The van der Waals surface area contributed by atoms with E-state index in [-0.39, 0.29) is 30.1 Å². The molecule has 1 N–H and O–H groups in total. The van der Waals surface area contributed by atoms with Gasteiger partial charge in [0.05, 0.1) is 0 Å². The molecule has 7 heteroatoms. The van der Waals surface area contributed by atoms with Gasteiger partial charge in [-0.25, -0.2) is 0 Å². The Morgan fingerprint density at radius 3 is 2.11 bits per heavy atom. The molecule has 2 aliphatic heterocycles. The molecule has 0 aromatic heterocycles. The smallest absolute Gasteiger partial charge is 0.303 e. The fraction of sp³-hybridized carbons (Fsp3) is 0.850. The van der Waals surface area contributed by atoms with Crippen molar-refractivity contribution < 1.29 is 19.5 Å². The van der Waals surface area contributed by atoms with Crippen molar-refractivity contribution in [3.8, 4) is 0 Å². The third-order valence-corrected chi connectivity index (χ3v) is 5.89. The van der Waals surface area contributed by atoms with Crippen LogP contribution >= 0.6 is 0 Å². The number of carbonyl (C=O) groups is 3. The van der Waals surface area contributed by atoms with Crippen LogP contribution in [-0.4, -0.2) is 83.4 Å². The number of amides is 2. The monoisotopic (exact) mass is 381 g/mol. The van der Waals surface area contributed by atoms with Gasteiger partial charge in [-0.05, 0) is 31.2 Å². The molecule has 2 fully saturated rings. The predicted molar refractivity (Wildman–Crippen MR) is 103 cm³/mol. The van der Waals surface area contributed by atoms with Gasteiger partial charge in [0.2, 0.25) is 11.8 Å². The molecular formula is C20H35N3O4. The zero-order chi connectivity index (χ0) is 20.2. The number of likely N-dealkylation sites (tertiary alicyclic amines) is 1. The summed E-state index contributed by atoms with van der Waals surface area (Å²) in [7, 11) is 0. The lowest BCUT2D eigenvalue weighted by molar-refractivity contribution is -0.143. The number of carboxylic acid groups (broad SMARTS) is 1. The summed E-state index contributed by atoms with van der Waals surface area (Å²) in [6.07, 6.45) is 1.84. The van der Waals surface area contributed by atoms with Crippen molar-refractivity contribution in [1.82, 2.24) is 14.7 Å². The summed E-state index contributed by atoms with van der Waals surface area (Å²) >= 11 is 0. The molecule has 7 nitrogen and oxygen atoms in total. The van der Waals surface area contributed by atoms with E-state index in [0.29, 0.717) is 13.1 Å². The average molecular weight is 382 g/mol. The Balaban J connectivity index is 1.93. The van der Waals surface area contributed by atoms with E-state index >= 15 is 0 Å². The van der Waals surface area contributed by atoms with Crippen LogP contribution in [-0.2, 0) is 14.4 Å². The Morgan fingerprint density at radius 2 is 1.59 bits per heavy atom. The number of rotatable bonds is 5. The van der Waals surface area contributed by atoms with Crippen LogP contribution in [0.4, 0.5) is 0 Å². The fourth-order valence-corrected chi connectivity index (χ4v) is 4.19. The molecule has 0 unspecified atom stereocenters. The van der Waals surface area contributed by atoms with Crippen LogP contribution in [0, 0.1) is 17.3 Å². The lowest BCUT2D eigenvalue weighted by atomic mass is 9.80. The molecule has 2 rings (SSSR count). The summed E-state index contributed by atoms with van der Waals surface area (Å²) in [6.45, 7) is 12.8. The minimum Gasteiger partial charge on any atom is -0.481 e. The van der Waals surface area contributed by atoms with Crippen molar-refractivity contribution in [2.45, 2.75) is 47.0 Å². The van der Waals surface area contributed by atoms with E-state index in [2.05, 4.69) is 4.90 Å². The van der Waals surface area contributed by atoms with Gasteiger partial charge in [-0.1, -0.05) is 20.8 Å². The van der Waals surface area contributed by atoms with E-state index in [9.17, 15) is 19.5 Å². The van der Waals surface area contributed by atoms with Crippen molar-refractivity contribution in [2.24, 2.45) is 17.3 Å². The van der Waals surface area contributed by atoms with Gasteiger partial charge in [-0.15, -0.1) is 0 Å². The van der Waals surface area contributed by atoms with Crippen molar-refractivity contribution in [3.05, 3.63) is 0 Å². The first-order valence-corrected chi connectivity index (χ1v) is 10.1. The number of piperidine rings is 1. The number of nitrogens with zero attached hydrogens (tertiary/aromatic N) is 3. The Labute approximate surface area is 162 Å². The van der Waals surface area contributed by atoms with Crippen LogP contribution in [0.2, 0.25) is 0 Å². The molecule has 2 heterocycles. The number of piperazine rings is 1. The maximum absolute atomic E-state index is 12.7. The molecule has 0 spiro atoms. The Bertz CT molecular complexity index is 550. The number of carboxylic acids is 1. The standard InChI is InChI=1S/C20H35N3O4/c1-15(24)22-11-9-21(10-12-22)7-5-17-14-23(19(27)20(2,3)4)8-6-16(17)13-18(25)26/h16-17H,5-14H2,1-4H3,(H,25,26)/t16-,17-/m0/s1. The second-order valence-corrected chi connectivity index (χ2v) is 9.04. The molecule has 2 amide bonds. The molecule has 0 radical (unpaired) electrons. The molecule has 0 aromatic rings. The summed E-state index contributed by atoms with van der Waals surface area (Å²) in [5.41, 5.74) is -0.410. The van der Waals surface area contributed by atoms with E-state index in [0.717, 1.165) is 45.6 Å². The molecular weight excluding hydrogens is 346 g/mol. The van der Waals surface area contributed by atoms with Crippen molar-refractivity contribution in [1.29, 1.82) is 0 Å². The van der Waals surface area contributed by atoms with Crippen molar-refractivity contribution in [3.63, 3.8) is 0 Å². The number of aliphatic carboxylic acids is 1. The van der Waals surface area contributed by atoms with Crippen molar-refractivity contribution in [2.75, 3.05) is 45.8 Å². The van der Waals surface area contributed by atoms with Crippen LogP contribution in [0.15, 0.2) is 0 Å². The van der Waals surface area contributed by atoms with E-state index < -0.39 is 11.4 Å². The fourth-order valence-electron chi connectivity index (χ4n) is 4.19. The second-order valence-electron chi connectivity index (χ2n) is 9.04. The van der Waals surface area contributed by atoms with E-state index in [1.165, 1.54) is 0 Å². The molecule has 27 heavy (non-hydrogen) atoms. The van der Waals surface area contributed by atoms with Crippen LogP contribution in [0.1, 0.15) is 47.0 Å². The zero-order valence-corrected chi connectivity index (χ0v) is 17.2. The molecule has 2 aliphatic rings. The van der Waals surface area contributed by atoms with Crippen LogP contribution < -0.4 is 0 Å². The molecule has 0 aliphatic carbocycles. The first-order valence-electron chi connectivity index (χ1n) is 10.1. The Kier molecular flexibility index (Phi) is 7.25. The summed E-state index contributed by atoms with van der Waals surface area (Å²) in [4.78, 5) is 41.5. The SMILES string of the molecule is CC(=O)N1CCN(CC[C@H]2CN(C(=O)C(C)(C)C)CC[C@H]2CC(=O)O)CC1. The molecule has 0 bridgehead atoms. The maximum Gasteiger partial charge on any atom is 0.303 e. The average Bonchev–Trinajstić information content (AvgIpc) is 2.59. The van der Waals surface area contributed by atoms with Gasteiger partial charge in [0.25, 0.3) is 0 Å². The van der Waals surface area contributed by atoms with Gasteiger partial charge in [0.15, 0.2) is 0 Å². The van der Waals surface area contributed by atoms with Crippen molar-refractivity contribution >= 4 is 17.8 Å². The van der Waals surface area contributed by atoms with Gasteiger partial charge >= 0.3 is 5.97 Å². The Hall–Kier alpha value is -1.63.